The predicted molar refractivity (Wildman–Crippen MR) is 62.0 cm³/mol. The molecule has 0 aromatic heterocycles. The second kappa shape index (κ2) is 5.43. The monoisotopic (exact) mass is 249 g/mol. The van der Waals surface area contributed by atoms with Gasteiger partial charge in [0, 0.05) is 25.2 Å². The molecule has 1 atom stereocenters. The molecule has 4 nitrogen and oxygen atoms in total. The summed E-state index contributed by atoms with van der Waals surface area (Å²) in [5, 5.41) is 0. The van der Waals surface area contributed by atoms with Gasteiger partial charge in [-0.1, -0.05) is 0 Å². The van der Waals surface area contributed by atoms with E-state index in [4.69, 9.17) is 9.47 Å². The lowest BCUT2D eigenvalue weighted by molar-refractivity contribution is -0.173. The molecule has 2 rings (SSSR count). The largest absolute Gasteiger partial charge is 0.354 e. The Labute approximate surface area is 98.0 Å². The number of nitrogens with zero attached hydrogens (tertiary/aromatic N) is 1. The van der Waals surface area contributed by atoms with Crippen molar-refractivity contribution >= 4 is 29.4 Å². The average Bonchev–Trinajstić information content (AvgIpc) is 2.81. The molecule has 0 spiro atoms. The van der Waals surface area contributed by atoms with Crippen LogP contribution in [0.2, 0.25) is 0 Å². The van der Waals surface area contributed by atoms with Crippen LogP contribution in [0, 0.1) is 0 Å². The maximum absolute atomic E-state index is 12.0. The second-order valence-electron chi connectivity index (χ2n) is 3.39. The quantitative estimate of drug-likeness (QED) is 0.717. The van der Waals surface area contributed by atoms with Gasteiger partial charge in [-0.2, -0.15) is 0 Å². The highest BCUT2D eigenvalue weighted by atomic mass is 32.2. The maximum atomic E-state index is 12.0. The molecule has 2 fully saturated rings. The summed E-state index contributed by atoms with van der Waals surface area (Å²) in [6, 6.07) is 0. The van der Waals surface area contributed by atoms with E-state index in [2.05, 4.69) is 0 Å². The standard InChI is InChI=1S/C9H15NO3S2/c1-12-7-6-10(2-3-13-7)8(11)9-14-4-5-15-9/h7,9H,2-6H2,1H3. The van der Waals surface area contributed by atoms with Crippen molar-refractivity contribution in [2.45, 2.75) is 10.9 Å². The van der Waals surface area contributed by atoms with Crippen LogP contribution in [0.1, 0.15) is 0 Å². The zero-order chi connectivity index (χ0) is 10.7. The van der Waals surface area contributed by atoms with Gasteiger partial charge in [0.25, 0.3) is 0 Å². The number of hydrogen-bond acceptors (Lipinski definition) is 5. The molecule has 0 radical (unpaired) electrons. The number of hydrogen-bond donors (Lipinski definition) is 0. The highest BCUT2D eigenvalue weighted by molar-refractivity contribution is 8.21. The number of thioether (sulfide) groups is 2. The van der Waals surface area contributed by atoms with Gasteiger partial charge in [-0.3, -0.25) is 4.79 Å². The van der Waals surface area contributed by atoms with Crippen molar-refractivity contribution < 1.29 is 14.3 Å². The van der Waals surface area contributed by atoms with Crippen LogP contribution in [0.4, 0.5) is 0 Å². The molecule has 2 aliphatic rings. The fourth-order valence-electron chi connectivity index (χ4n) is 1.61. The van der Waals surface area contributed by atoms with Gasteiger partial charge in [0.05, 0.1) is 13.2 Å². The molecule has 0 aliphatic carbocycles. The van der Waals surface area contributed by atoms with Crippen LogP contribution < -0.4 is 0 Å². The van der Waals surface area contributed by atoms with E-state index in [9.17, 15) is 4.79 Å². The molecule has 15 heavy (non-hydrogen) atoms. The van der Waals surface area contributed by atoms with Gasteiger partial charge in [0.15, 0.2) is 6.29 Å². The molecule has 0 N–H and O–H groups in total. The number of amides is 1. The normalized spacial score (nSPS) is 28.3. The summed E-state index contributed by atoms with van der Waals surface area (Å²) in [7, 11) is 1.61. The Morgan fingerprint density at radius 3 is 2.87 bits per heavy atom. The third-order valence-corrected chi connectivity index (χ3v) is 5.40. The Kier molecular flexibility index (Phi) is 4.19. The van der Waals surface area contributed by atoms with E-state index in [0.29, 0.717) is 19.7 Å². The Morgan fingerprint density at radius 1 is 1.47 bits per heavy atom. The van der Waals surface area contributed by atoms with E-state index in [1.165, 1.54) is 0 Å². The minimum Gasteiger partial charge on any atom is -0.354 e. The lowest BCUT2D eigenvalue weighted by atomic mass is 10.4. The van der Waals surface area contributed by atoms with Crippen molar-refractivity contribution in [2.75, 3.05) is 38.3 Å². The molecule has 2 heterocycles. The van der Waals surface area contributed by atoms with Gasteiger partial charge in [0.1, 0.15) is 4.58 Å². The highest BCUT2D eigenvalue weighted by Crippen LogP contribution is 2.33. The van der Waals surface area contributed by atoms with Gasteiger partial charge >= 0.3 is 0 Å². The Balaban J connectivity index is 1.88. The van der Waals surface area contributed by atoms with E-state index in [1.807, 2.05) is 4.90 Å². The van der Waals surface area contributed by atoms with Crippen LogP contribution in [0.25, 0.3) is 0 Å². The second-order valence-corrected chi connectivity index (χ2v) is 6.12. The molecule has 2 saturated heterocycles. The maximum Gasteiger partial charge on any atom is 0.246 e. The zero-order valence-corrected chi connectivity index (χ0v) is 10.3. The third kappa shape index (κ3) is 2.81. The molecule has 86 valence electrons. The minimum absolute atomic E-state index is 0.0978. The summed E-state index contributed by atoms with van der Waals surface area (Å²) in [4.78, 5) is 13.9. The molecule has 2 aliphatic heterocycles. The van der Waals surface area contributed by atoms with Gasteiger partial charge in [-0.15, -0.1) is 23.5 Å². The van der Waals surface area contributed by atoms with Crippen molar-refractivity contribution in [1.82, 2.24) is 4.90 Å². The van der Waals surface area contributed by atoms with Crippen LogP contribution in [0.5, 0.6) is 0 Å². The molecular weight excluding hydrogens is 234 g/mol. The molecule has 0 aromatic carbocycles. The number of rotatable bonds is 2. The fourth-order valence-corrected chi connectivity index (χ4v) is 4.35. The SMILES string of the molecule is COC1CN(C(=O)C2SCCS2)CCO1. The lowest BCUT2D eigenvalue weighted by Crippen LogP contribution is -2.48. The lowest BCUT2D eigenvalue weighted by Gasteiger charge is -2.33. The van der Waals surface area contributed by atoms with Gasteiger partial charge < -0.3 is 14.4 Å². The fraction of sp³-hybridized carbons (Fsp3) is 0.889. The number of methoxy groups -OCH3 is 1. The van der Waals surface area contributed by atoms with E-state index in [0.717, 1.165) is 11.5 Å². The van der Waals surface area contributed by atoms with Crippen molar-refractivity contribution in [1.29, 1.82) is 0 Å². The first-order valence-corrected chi connectivity index (χ1v) is 7.07. The van der Waals surface area contributed by atoms with E-state index in [1.54, 1.807) is 30.6 Å². The molecule has 1 amide bonds. The van der Waals surface area contributed by atoms with Crippen LogP contribution in [0.15, 0.2) is 0 Å². The van der Waals surface area contributed by atoms with Crippen molar-refractivity contribution in [3.05, 3.63) is 0 Å². The summed E-state index contributed by atoms with van der Waals surface area (Å²) in [6.45, 7) is 1.83. The topological polar surface area (TPSA) is 38.8 Å². The molecular formula is C9H15NO3S2. The van der Waals surface area contributed by atoms with Crippen molar-refractivity contribution in [3.63, 3.8) is 0 Å². The summed E-state index contributed by atoms with van der Waals surface area (Å²) in [6.07, 6.45) is -0.251. The summed E-state index contributed by atoms with van der Waals surface area (Å²) in [5.74, 6) is 2.39. The average molecular weight is 249 g/mol. The molecule has 6 heteroatoms. The Morgan fingerprint density at radius 2 is 2.20 bits per heavy atom. The number of carbonyl (C=O) groups excluding carboxylic acids is 1. The van der Waals surface area contributed by atoms with Gasteiger partial charge in [-0.25, -0.2) is 0 Å². The Bertz CT molecular complexity index is 233. The number of ether oxygens (including phenoxy) is 2. The third-order valence-electron chi connectivity index (χ3n) is 2.43. The summed E-state index contributed by atoms with van der Waals surface area (Å²) >= 11 is 3.49. The van der Waals surface area contributed by atoms with E-state index >= 15 is 0 Å². The van der Waals surface area contributed by atoms with E-state index < -0.39 is 0 Å². The van der Waals surface area contributed by atoms with Crippen LogP contribution in [-0.2, 0) is 14.3 Å². The first-order chi connectivity index (χ1) is 7.31. The van der Waals surface area contributed by atoms with Crippen molar-refractivity contribution in [3.8, 4) is 0 Å². The first kappa shape index (κ1) is 11.6. The summed E-state index contributed by atoms with van der Waals surface area (Å²) in [5.41, 5.74) is 0. The van der Waals surface area contributed by atoms with E-state index in [-0.39, 0.29) is 16.8 Å². The molecule has 1 unspecified atom stereocenters. The van der Waals surface area contributed by atoms with Crippen LogP contribution >= 0.6 is 23.5 Å². The highest BCUT2D eigenvalue weighted by Gasteiger charge is 2.31. The molecule has 0 saturated carbocycles. The first-order valence-electron chi connectivity index (χ1n) is 4.97. The number of morpholine rings is 1. The zero-order valence-electron chi connectivity index (χ0n) is 8.68. The van der Waals surface area contributed by atoms with Crippen LogP contribution in [-0.4, -0.2) is 60.0 Å². The smallest absolute Gasteiger partial charge is 0.246 e. The minimum atomic E-state index is -0.251. The molecule has 0 aromatic rings. The van der Waals surface area contributed by atoms with Gasteiger partial charge in [0.2, 0.25) is 5.91 Å². The van der Waals surface area contributed by atoms with Crippen LogP contribution in [0.3, 0.4) is 0 Å². The summed E-state index contributed by atoms with van der Waals surface area (Å²) < 4.78 is 10.5. The van der Waals surface area contributed by atoms with Crippen molar-refractivity contribution in [2.24, 2.45) is 0 Å². The van der Waals surface area contributed by atoms with Gasteiger partial charge in [-0.05, 0) is 0 Å². The predicted octanol–water partition coefficient (Wildman–Crippen LogP) is 0.624. The Hall–Kier alpha value is 0.0900. The molecule has 0 bridgehead atoms. The number of carbonyl (C=O) groups is 1.